The van der Waals surface area contributed by atoms with Gasteiger partial charge in [0.25, 0.3) is 0 Å². The fourth-order valence-electron chi connectivity index (χ4n) is 1.96. The molecule has 2 N–H and O–H groups in total. The Morgan fingerprint density at radius 3 is 2.73 bits per heavy atom. The van der Waals surface area contributed by atoms with E-state index in [1.807, 2.05) is 6.26 Å². The number of rotatable bonds is 7. The van der Waals surface area contributed by atoms with Gasteiger partial charge in [0.2, 0.25) is 5.82 Å². The molecule has 2 atom stereocenters. The van der Waals surface area contributed by atoms with Gasteiger partial charge in [-0.15, -0.1) is 0 Å². The van der Waals surface area contributed by atoms with Gasteiger partial charge in [0.1, 0.15) is 5.56 Å². The van der Waals surface area contributed by atoms with E-state index in [0.717, 1.165) is 7.11 Å². The molecule has 1 aromatic rings. The Morgan fingerprint density at radius 2 is 2.27 bits per heavy atom. The molecule has 9 heteroatoms. The Labute approximate surface area is 132 Å². The number of hydrogen-bond acceptors (Lipinski definition) is 8. The van der Waals surface area contributed by atoms with Crippen LogP contribution in [0.5, 0.6) is 0 Å². The van der Waals surface area contributed by atoms with Crippen LogP contribution in [0, 0.1) is 17.0 Å². The van der Waals surface area contributed by atoms with E-state index in [-0.39, 0.29) is 29.3 Å². The lowest BCUT2D eigenvalue weighted by molar-refractivity contribution is -0.384. The molecule has 8 nitrogen and oxygen atoms in total. The van der Waals surface area contributed by atoms with Crippen molar-refractivity contribution < 1.29 is 19.6 Å². The van der Waals surface area contributed by atoms with Gasteiger partial charge in [0, 0.05) is 17.0 Å². The summed E-state index contributed by atoms with van der Waals surface area (Å²) in [5, 5.41) is 23.4. The Morgan fingerprint density at radius 1 is 1.64 bits per heavy atom. The molecular formula is C13H19N3O5S. The highest BCUT2D eigenvalue weighted by Crippen LogP contribution is 2.29. The van der Waals surface area contributed by atoms with Crippen LogP contribution >= 0.6 is 11.8 Å². The first-order chi connectivity index (χ1) is 10.3. The molecule has 0 radical (unpaired) electrons. The molecule has 0 aliphatic carbocycles. The SMILES string of the molecule is COC(=O)c1cc(C)nc(NC(C)C(CO)SC)c1[N+](=O)[O-]. The smallest absolute Gasteiger partial charge is 0.345 e. The fraction of sp³-hybridized carbons (Fsp3) is 0.538. The maximum Gasteiger partial charge on any atom is 0.345 e. The number of methoxy groups -OCH3 is 1. The minimum absolute atomic E-state index is 0.00889. The molecule has 122 valence electrons. The second-order valence-corrected chi connectivity index (χ2v) is 5.72. The van der Waals surface area contributed by atoms with E-state index in [4.69, 9.17) is 0 Å². The first-order valence-corrected chi connectivity index (χ1v) is 7.79. The van der Waals surface area contributed by atoms with Crippen LogP contribution < -0.4 is 5.32 Å². The van der Waals surface area contributed by atoms with Crippen LogP contribution in [0.4, 0.5) is 11.5 Å². The van der Waals surface area contributed by atoms with Gasteiger partial charge in [0.05, 0.1) is 18.6 Å². The van der Waals surface area contributed by atoms with Crippen LogP contribution in [0.1, 0.15) is 23.0 Å². The van der Waals surface area contributed by atoms with Crippen molar-refractivity contribution in [2.45, 2.75) is 25.1 Å². The Kier molecular flexibility index (Phi) is 6.57. The van der Waals surface area contributed by atoms with Crippen molar-refractivity contribution in [3.8, 4) is 0 Å². The monoisotopic (exact) mass is 329 g/mol. The van der Waals surface area contributed by atoms with E-state index in [9.17, 15) is 20.0 Å². The number of carbonyl (C=O) groups is 1. The molecule has 22 heavy (non-hydrogen) atoms. The number of ether oxygens (including phenoxy) is 1. The summed E-state index contributed by atoms with van der Waals surface area (Å²) in [4.78, 5) is 26.5. The largest absolute Gasteiger partial charge is 0.465 e. The molecule has 1 aromatic heterocycles. The molecule has 0 bridgehead atoms. The Bertz CT molecular complexity index is 563. The second kappa shape index (κ2) is 7.95. The summed E-state index contributed by atoms with van der Waals surface area (Å²) in [6.45, 7) is 3.33. The number of nitro groups is 1. The van der Waals surface area contributed by atoms with E-state index in [0.29, 0.717) is 5.69 Å². The van der Waals surface area contributed by atoms with Crippen LogP contribution in [0.15, 0.2) is 6.07 Å². The van der Waals surface area contributed by atoms with Gasteiger partial charge in [-0.2, -0.15) is 11.8 Å². The predicted molar refractivity (Wildman–Crippen MR) is 84.4 cm³/mol. The molecule has 0 fully saturated rings. The van der Waals surface area contributed by atoms with Gasteiger partial charge in [-0.25, -0.2) is 9.78 Å². The maximum atomic E-state index is 11.7. The minimum atomic E-state index is -0.795. The molecule has 1 rings (SSSR count). The summed E-state index contributed by atoms with van der Waals surface area (Å²) in [6, 6.07) is 1.04. The molecule has 0 spiro atoms. The zero-order chi connectivity index (χ0) is 16.9. The van der Waals surface area contributed by atoms with Crippen LogP contribution in [-0.2, 0) is 4.74 Å². The van der Waals surface area contributed by atoms with Gasteiger partial charge in [-0.3, -0.25) is 10.1 Å². The van der Waals surface area contributed by atoms with Crippen molar-refractivity contribution in [2.75, 3.05) is 25.3 Å². The number of thioether (sulfide) groups is 1. The molecular weight excluding hydrogens is 310 g/mol. The van der Waals surface area contributed by atoms with Crippen molar-refractivity contribution in [2.24, 2.45) is 0 Å². The van der Waals surface area contributed by atoms with Gasteiger partial charge in [0.15, 0.2) is 0 Å². The molecule has 0 aliphatic rings. The van der Waals surface area contributed by atoms with Gasteiger partial charge in [-0.1, -0.05) is 0 Å². The second-order valence-electron chi connectivity index (χ2n) is 4.65. The maximum absolute atomic E-state index is 11.7. The minimum Gasteiger partial charge on any atom is -0.465 e. The lowest BCUT2D eigenvalue weighted by Gasteiger charge is -2.22. The third-order valence-electron chi connectivity index (χ3n) is 3.11. The normalized spacial score (nSPS) is 13.3. The average Bonchev–Trinajstić information content (AvgIpc) is 2.46. The van der Waals surface area contributed by atoms with E-state index in [1.165, 1.54) is 17.8 Å². The lowest BCUT2D eigenvalue weighted by atomic mass is 10.1. The summed E-state index contributed by atoms with van der Waals surface area (Å²) in [7, 11) is 1.16. The zero-order valence-electron chi connectivity index (χ0n) is 12.8. The highest BCUT2D eigenvalue weighted by molar-refractivity contribution is 7.99. The summed E-state index contributed by atoms with van der Waals surface area (Å²) in [6.07, 6.45) is 1.83. The van der Waals surface area contributed by atoms with Crippen molar-refractivity contribution in [1.29, 1.82) is 0 Å². The van der Waals surface area contributed by atoms with Crippen LogP contribution in [-0.4, -0.2) is 52.2 Å². The summed E-state index contributed by atoms with van der Waals surface area (Å²) >= 11 is 1.43. The topological polar surface area (TPSA) is 115 Å². The predicted octanol–water partition coefficient (Wildman–Crippen LogP) is 1.61. The summed E-state index contributed by atoms with van der Waals surface area (Å²) in [5.74, 6) is -0.804. The number of anilines is 1. The molecule has 2 unspecified atom stereocenters. The van der Waals surface area contributed by atoms with Crippen molar-refractivity contribution >= 4 is 29.2 Å². The first kappa shape index (κ1) is 18.2. The van der Waals surface area contributed by atoms with Gasteiger partial charge in [-0.05, 0) is 26.2 Å². The highest BCUT2D eigenvalue weighted by Gasteiger charge is 2.29. The third kappa shape index (κ3) is 4.08. The molecule has 0 aliphatic heterocycles. The number of nitrogens with zero attached hydrogens (tertiary/aromatic N) is 2. The number of esters is 1. The fourth-order valence-corrected chi connectivity index (χ4v) is 2.59. The number of aliphatic hydroxyl groups excluding tert-OH is 1. The molecule has 0 aromatic carbocycles. The van der Waals surface area contributed by atoms with Gasteiger partial charge < -0.3 is 15.2 Å². The molecule has 1 heterocycles. The number of hydrogen-bond donors (Lipinski definition) is 2. The number of pyridine rings is 1. The lowest BCUT2D eigenvalue weighted by Crippen LogP contribution is -2.31. The highest BCUT2D eigenvalue weighted by atomic mass is 32.2. The Hall–Kier alpha value is -1.87. The number of nitrogens with one attached hydrogen (secondary N) is 1. The molecule has 0 amide bonds. The third-order valence-corrected chi connectivity index (χ3v) is 4.28. The quantitative estimate of drug-likeness (QED) is 0.440. The van der Waals surface area contributed by atoms with E-state index in [1.54, 1.807) is 13.8 Å². The van der Waals surface area contributed by atoms with Crippen LogP contribution in [0.2, 0.25) is 0 Å². The molecule has 0 saturated heterocycles. The van der Waals surface area contributed by atoms with E-state index >= 15 is 0 Å². The van der Waals surface area contributed by atoms with E-state index in [2.05, 4.69) is 15.0 Å². The number of aryl methyl sites for hydroxylation is 1. The first-order valence-electron chi connectivity index (χ1n) is 6.50. The van der Waals surface area contributed by atoms with Crippen molar-refractivity contribution in [1.82, 2.24) is 4.98 Å². The number of aromatic nitrogens is 1. The number of aliphatic hydroxyl groups is 1. The molecule has 0 saturated carbocycles. The van der Waals surface area contributed by atoms with Crippen molar-refractivity contribution in [3.05, 3.63) is 27.4 Å². The van der Waals surface area contributed by atoms with Crippen LogP contribution in [0.25, 0.3) is 0 Å². The van der Waals surface area contributed by atoms with E-state index < -0.39 is 16.6 Å². The van der Waals surface area contributed by atoms with Gasteiger partial charge >= 0.3 is 11.7 Å². The Balaban J connectivity index is 3.31. The summed E-state index contributed by atoms with van der Waals surface area (Å²) < 4.78 is 4.59. The summed E-state index contributed by atoms with van der Waals surface area (Å²) in [5.41, 5.74) is -0.133. The average molecular weight is 329 g/mol. The van der Waals surface area contributed by atoms with Crippen LogP contribution in [0.3, 0.4) is 0 Å². The standard InChI is InChI=1S/C13H19N3O5S/c1-7-5-9(13(18)21-3)11(16(19)20)12(14-7)15-8(2)10(6-17)22-4/h5,8,10,17H,6H2,1-4H3,(H,14,15). The van der Waals surface area contributed by atoms with Crippen molar-refractivity contribution in [3.63, 3.8) is 0 Å². The zero-order valence-corrected chi connectivity index (χ0v) is 13.6. The number of carbonyl (C=O) groups excluding carboxylic acids is 1.